The summed E-state index contributed by atoms with van der Waals surface area (Å²) in [6, 6.07) is 3.19. The maximum Gasteiger partial charge on any atom is 0.304 e. The van der Waals surface area contributed by atoms with Crippen molar-refractivity contribution in [2.75, 3.05) is 6.54 Å². The average molecular weight is 200 g/mol. The molecule has 5 nitrogen and oxygen atoms in total. The molecule has 0 radical (unpaired) electrons. The number of benzene rings is 1. The van der Waals surface area contributed by atoms with Crippen molar-refractivity contribution in [3.05, 3.63) is 39.7 Å². The van der Waals surface area contributed by atoms with Gasteiger partial charge in [0.05, 0.1) is 11.0 Å². The highest BCUT2D eigenvalue weighted by atomic mass is 19.1. The standard InChI is InChI=1S/C8H9FN2O3/c9-6-3-5(8(12)4-10)1-2-7(6)11(13)14/h1-3,8,12H,4,10H2/t8-/m1/s1. The number of nitrogens with two attached hydrogens (primary N) is 1. The van der Waals surface area contributed by atoms with Gasteiger partial charge in [0.2, 0.25) is 5.82 Å². The van der Waals surface area contributed by atoms with Crippen molar-refractivity contribution in [3.63, 3.8) is 0 Å². The Hall–Kier alpha value is -1.53. The largest absolute Gasteiger partial charge is 0.387 e. The molecule has 76 valence electrons. The molecule has 3 N–H and O–H groups in total. The first-order valence-electron chi connectivity index (χ1n) is 3.88. The zero-order valence-corrected chi connectivity index (χ0v) is 7.18. The van der Waals surface area contributed by atoms with Crippen molar-refractivity contribution in [2.24, 2.45) is 5.73 Å². The van der Waals surface area contributed by atoms with E-state index in [1.807, 2.05) is 0 Å². The highest BCUT2D eigenvalue weighted by Gasteiger charge is 2.15. The Morgan fingerprint density at radius 1 is 1.64 bits per heavy atom. The summed E-state index contributed by atoms with van der Waals surface area (Å²) in [5.74, 6) is -0.972. The Bertz CT molecular complexity index is 356. The van der Waals surface area contributed by atoms with E-state index in [1.54, 1.807) is 0 Å². The van der Waals surface area contributed by atoms with Crippen molar-refractivity contribution in [1.29, 1.82) is 0 Å². The number of hydrogen-bond acceptors (Lipinski definition) is 4. The highest BCUT2D eigenvalue weighted by molar-refractivity contribution is 5.35. The van der Waals surface area contributed by atoms with E-state index in [-0.39, 0.29) is 12.1 Å². The molecule has 14 heavy (non-hydrogen) atoms. The van der Waals surface area contributed by atoms with Gasteiger partial charge in [-0.3, -0.25) is 10.1 Å². The number of aliphatic hydroxyl groups excluding tert-OH is 1. The fourth-order valence-electron chi connectivity index (χ4n) is 1.01. The molecule has 1 aromatic carbocycles. The highest BCUT2D eigenvalue weighted by Crippen LogP contribution is 2.21. The maximum atomic E-state index is 13.0. The van der Waals surface area contributed by atoms with Crippen LogP contribution in [-0.4, -0.2) is 16.6 Å². The molecule has 0 fully saturated rings. The minimum absolute atomic E-state index is 0.0583. The summed E-state index contributed by atoms with van der Waals surface area (Å²) in [5, 5.41) is 19.5. The van der Waals surface area contributed by atoms with Crippen LogP contribution in [0, 0.1) is 15.9 Å². The Kier molecular flexibility index (Phi) is 3.10. The lowest BCUT2D eigenvalue weighted by molar-refractivity contribution is -0.387. The summed E-state index contributed by atoms with van der Waals surface area (Å²) in [6.45, 7) is -0.0583. The number of halogens is 1. The van der Waals surface area contributed by atoms with Gasteiger partial charge in [0.1, 0.15) is 0 Å². The van der Waals surface area contributed by atoms with Gasteiger partial charge in [0.15, 0.2) is 0 Å². The van der Waals surface area contributed by atoms with Crippen molar-refractivity contribution in [2.45, 2.75) is 6.10 Å². The minimum Gasteiger partial charge on any atom is -0.387 e. The van der Waals surface area contributed by atoms with E-state index < -0.39 is 22.5 Å². The molecule has 0 aliphatic carbocycles. The van der Waals surface area contributed by atoms with E-state index in [4.69, 9.17) is 5.73 Å². The van der Waals surface area contributed by atoms with Gasteiger partial charge in [-0.25, -0.2) is 0 Å². The van der Waals surface area contributed by atoms with Gasteiger partial charge in [-0.2, -0.15) is 4.39 Å². The third-order valence-corrected chi connectivity index (χ3v) is 1.78. The van der Waals surface area contributed by atoms with Gasteiger partial charge in [0.25, 0.3) is 0 Å². The first kappa shape index (κ1) is 10.6. The van der Waals surface area contributed by atoms with Gasteiger partial charge in [-0.15, -0.1) is 0 Å². The molecule has 0 heterocycles. The lowest BCUT2D eigenvalue weighted by Gasteiger charge is -2.07. The van der Waals surface area contributed by atoms with Gasteiger partial charge >= 0.3 is 5.69 Å². The van der Waals surface area contributed by atoms with Gasteiger partial charge in [0, 0.05) is 12.6 Å². The number of nitrogens with zero attached hydrogens (tertiary/aromatic N) is 1. The zero-order chi connectivity index (χ0) is 10.7. The van der Waals surface area contributed by atoms with E-state index in [9.17, 15) is 19.6 Å². The summed E-state index contributed by atoms with van der Waals surface area (Å²) in [6.07, 6.45) is -0.995. The van der Waals surface area contributed by atoms with E-state index >= 15 is 0 Å². The Morgan fingerprint density at radius 3 is 2.71 bits per heavy atom. The molecule has 0 saturated heterocycles. The summed E-state index contributed by atoms with van der Waals surface area (Å²) in [7, 11) is 0. The molecule has 0 aliphatic rings. The van der Waals surface area contributed by atoms with Gasteiger partial charge in [-0.1, -0.05) is 0 Å². The first-order valence-corrected chi connectivity index (χ1v) is 3.88. The van der Waals surface area contributed by atoms with E-state index in [0.717, 1.165) is 12.1 Å². The van der Waals surface area contributed by atoms with Crippen molar-refractivity contribution < 1.29 is 14.4 Å². The van der Waals surface area contributed by atoms with Crippen molar-refractivity contribution in [1.82, 2.24) is 0 Å². The van der Waals surface area contributed by atoms with Gasteiger partial charge < -0.3 is 10.8 Å². The average Bonchev–Trinajstić information content (AvgIpc) is 2.15. The molecular weight excluding hydrogens is 191 g/mol. The Morgan fingerprint density at radius 2 is 2.29 bits per heavy atom. The van der Waals surface area contributed by atoms with E-state index in [0.29, 0.717) is 0 Å². The van der Waals surface area contributed by atoms with Crippen LogP contribution in [0.15, 0.2) is 18.2 Å². The lowest BCUT2D eigenvalue weighted by atomic mass is 10.1. The van der Waals surface area contributed by atoms with E-state index in [1.165, 1.54) is 6.07 Å². The molecule has 0 unspecified atom stereocenters. The van der Waals surface area contributed by atoms with Crippen LogP contribution < -0.4 is 5.73 Å². The molecular formula is C8H9FN2O3. The normalized spacial score (nSPS) is 12.5. The number of rotatable bonds is 3. The Balaban J connectivity index is 3.06. The summed E-state index contributed by atoms with van der Waals surface area (Å²) >= 11 is 0. The summed E-state index contributed by atoms with van der Waals surface area (Å²) < 4.78 is 13.0. The predicted molar refractivity (Wildman–Crippen MR) is 47.1 cm³/mol. The predicted octanol–water partition coefficient (Wildman–Crippen LogP) is 0.726. The fraction of sp³-hybridized carbons (Fsp3) is 0.250. The number of nitro groups is 1. The van der Waals surface area contributed by atoms with Crippen LogP contribution in [0.2, 0.25) is 0 Å². The smallest absolute Gasteiger partial charge is 0.304 e. The number of nitro benzene ring substituents is 1. The van der Waals surface area contributed by atoms with Crippen molar-refractivity contribution in [3.8, 4) is 0 Å². The molecule has 1 atom stereocenters. The van der Waals surface area contributed by atoms with E-state index in [2.05, 4.69) is 0 Å². The SMILES string of the molecule is NC[C@@H](O)c1ccc([N+](=O)[O-])c(F)c1. The number of aliphatic hydroxyl groups is 1. The minimum atomic E-state index is -0.995. The second-order valence-electron chi connectivity index (χ2n) is 2.72. The third-order valence-electron chi connectivity index (χ3n) is 1.78. The van der Waals surface area contributed by atoms with Crippen LogP contribution in [0.3, 0.4) is 0 Å². The van der Waals surface area contributed by atoms with Crippen LogP contribution in [0.25, 0.3) is 0 Å². The van der Waals surface area contributed by atoms with Crippen LogP contribution in [0.5, 0.6) is 0 Å². The molecule has 0 spiro atoms. The molecule has 0 bridgehead atoms. The van der Waals surface area contributed by atoms with Crippen LogP contribution in [0.1, 0.15) is 11.7 Å². The summed E-state index contributed by atoms with van der Waals surface area (Å²) in [4.78, 5) is 9.43. The Labute approximate surface area is 79.1 Å². The van der Waals surface area contributed by atoms with Crippen molar-refractivity contribution >= 4 is 5.69 Å². The molecule has 0 amide bonds. The molecule has 1 aromatic rings. The molecule has 1 rings (SSSR count). The third kappa shape index (κ3) is 2.04. The second-order valence-corrected chi connectivity index (χ2v) is 2.72. The molecule has 0 aromatic heterocycles. The molecule has 6 heteroatoms. The van der Waals surface area contributed by atoms with Crippen LogP contribution >= 0.6 is 0 Å². The maximum absolute atomic E-state index is 13.0. The topological polar surface area (TPSA) is 89.4 Å². The number of hydrogen-bond donors (Lipinski definition) is 2. The van der Waals surface area contributed by atoms with Gasteiger partial charge in [-0.05, 0) is 17.7 Å². The zero-order valence-electron chi connectivity index (χ0n) is 7.18. The quantitative estimate of drug-likeness (QED) is 0.555. The van der Waals surface area contributed by atoms with Crippen LogP contribution in [-0.2, 0) is 0 Å². The first-order chi connectivity index (χ1) is 6.56. The monoisotopic (exact) mass is 200 g/mol. The summed E-state index contributed by atoms with van der Waals surface area (Å²) in [5.41, 5.74) is 4.76. The fourth-order valence-corrected chi connectivity index (χ4v) is 1.01. The second kappa shape index (κ2) is 4.12. The van der Waals surface area contributed by atoms with Crippen LogP contribution in [0.4, 0.5) is 10.1 Å². The molecule has 0 aliphatic heterocycles. The molecule has 0 saturated carbocycles. The lowest BCUT2D eigenvalue weighted by Crippen LogP contribution is -2.11.